The summed E-state index contributed by atoms with van der Waals surface area (Å²) in [6, 6.07) is 10.6. The fraction of sp³-hybridized carbons (Fsp3) is 0.353. The fourth-order valence-electron chi connectivity index (χ4n) is 2.96. The molecule has 0 N–H and O–H groups in total. The highest BCUT2D eigenvalue weighted by Gasteiger charge is 2.32. The van der Waals surface area contributed by atoms with Crippen molar-refractivity contribution < 1.29 is 8.42 Å². The molecule has 25 heavy (non-hydrogen) atoms. The molecule has 1 aromatic carbocycles. The molecule has 1 aliphatic heterocycles. The van der Waals surface area contributed by atoms with Crippen molar-refractivity contribution >= 4 is 33.2 Å². The van der Waals surface area contributed by atoms with Crippen LogP contribution in [0.1, 0.15) is 18.7 Å². The van der Waals surface area contributed by atoms with E-state index in [9.17, 15) is 8.42 Å². The first-order valence-electron chi connectivity index (χ1n) is 8.00. The zero-order valence-electron chi connectivity index (χ0n) is 13.8. The van der Waals surface area contributed by atoms with Crippen LogP contribution in [0.2, 0.25) is 10.0 Å². The van der Waals surface area contributed by atoms with Crippen molar-refractivity contribution in [2.24, 2.45) is 0 Å². The van der Waals surface area contributed by atoms with Crippen molar-refractivity contribution in [1.29, 1.82) is 0 Å². The number of aromatic nitrogens is 1. The van der Waals surface area contributed by atoms with E-state index >= 15 is 0 Å². The van der Waals surface area contributed by atoms with E-state index in [2.05, 4.69) is 16.8 Å². The Labute approximate surface area is 158 Å². The summed E-state index contributed by atoms with van der Waals surface area (Å²) in [5, 5.41) is 0.318. The first-order chi connectivity index (χ1) is 11.9. The maximum Gasteiger partial charge on any atom is 0.244 e. The van der Waals surface area contributed by atoms with Gasteiger partial charge in [-0.05, 0) is 31.2 Å². The minimum Gasteiger partial charge on any atom is -0.292 e. The van der Waals surface area contributed by atoms with Gasteiger partial charge < -0.3 is 0 Å². The molecule has 2 heterocycles. The van der Waals surface area contributed by atoms with Crippen LogP contribution in [0.4, 0.5) is 0 Å². The molecule has 1 aliphatic rings. The van der Waals surface area contributed by atoms with Crippen LogP contribution in [0, 0.1) is 0 Å². The third-order valence-electron chi connectivity index (χ3n) is 4.47. The second-order valence-electron chi connectivity index (χ2n) is 5.92. The molecule has 0 spiro atoms. The average Bonchev–Trinajstić information content (AvgIpc) is 2.64. The van der Waals surface area contributed by atoms with Gasteiger partial charge in [-0.15, -0.1) is 0 Å². The monoisotopic (exact) mass is 399 g/mol. The van der Waals surface area contributed by atoms with Crippen LogP contribution in [0.5, 0.6) is 0 Å². The summed E-state index contributed by atoms with van der Waals surface area (Å²) in [5.41, 5.74) is 0.983. The predicted octanol–water partition coefficient (Wildman–Crippen LogP) is 3.46. The number of hydrogen-bond acceptors (Lipinski definition) is 4. The summed E-state index contributed by atoms with van der Waals surface area (Å²) >= 11 is 12.1. The molecule has 1 atom stereocenters. The smallest absolute Gasteiger partial charge is 0.244 e. The van der Waals surface area contributed by atoms with Crippen molar-refractivity contribution in [1.82, 2.24) is 14.2 Å². The van der Waals surface area contributed by atoms with Gasteiger partial charge in [-0.2, -0.15) is 4.31 Å². The highest BCUT2D eigenvalue weighted by Crippen LogP contribution is 2.31. The van der Waals surface area contributed by atoms with Gasteiger partial charge in [-0.1, -0.05) is 35.3 Å². The van der Waals surface area contributed by atoms with E-state index in [1.807, 2.05) is 18.2 Å². The predicted molar refractivity (Wildman–Crippen MR) is 99.4 cm³/mol. The minimum absolute atomic E-state index is 0.0629. The van der Waals surface area contributed by atoms with Gasteiger partial charge in [0.05, 0.1) is 15.7 Å². The van der Waals surface area contributed by atoms with E-state index in [1.54, 1.807) is 18.3 Å². The molecular formula is C17H19Cl2N3O2S. The first-order valence-corrected chi connectivity index (χ1v) is 10.2. The lowest BCUT2D eigenvalue weighted by Gasteiger charge is -2.37. The topological polar surface area (TPSA) is 53.5 Å². The molecular weight excluding hydrogens is 381 g/mol. The molecule has 8 heteroatoms. The maximum atomic E-state index is 12.9. The number of piperazine rings is 1. The number of hydrogen-bond donors (Lipinski definition) is 0. The SMILES string of the molecule is C[C@@H](c1ccccn1)N1CCN(S(=O)(=O)c2cccc(Cl)c2Cl)CC1. The van der Waals surface area contributed by atoms with Gasteiger partial charge in [0, 0.05) is 38.4 Å². The average molecular weight is 400 g/mol. The fourth-order valence-corrected chi connectivity index (χ4v) is 5.12. The van der Waals surface area contributed by atoms with Crippen molar-refractivity contribution in [2.45, 2.75) is 17.9 Å². The van der Waals surface area contributed by atoms with E-state index in [1.165, 1.54) is 10.4 Å². The Morgan fingerprint density at radius 2 is 1.76 bits per heavy atom. The van der Waals surface area contributed by atoms with E-state index in [4.69, 9.17) is 23.2 Å². The van der Waals surface area contributed by atoms with Crippen molar-refractivity contribution in [3.8, 4) is 0 Å². The Morgan fingerprint density at radius 1 is 1.04 bits per heavy atom. The second-order valence-corrected chi connectivity index (χ2v) is 8.61. The van der Waals surface area contributed by atoms with Gasteiger partial charge in [-0.25, -0.2) is 8.42 Å². The quantitative estimate of drug-likeness (QED) is 0.789. The van der Waals surface area contributed by atoms with Crippen LogP contribution in [-0.4, -0.2) is 48.8 Å². The van der Waals surface area contributed by atoms with Crippen LogP contribution in [-0.2, 0) is 10.0 Å². The normalized spacial score (nSPS) is 18.2. The Kier molecular flexibility index (Phi) is 5.65. The molecule has 1 saturated heterocycles. The van der Waals surface area contributed by atoms with E-state index < -0.39 is 10.0 Å². The molecule has 0 amide bonds. The number of halogens is 2. The van der Waals surface area contributed by atoms with Crippen LogP contribution in [0.25, 0.3) is 0 Å². The lowest BCUT2D eigenvalue weighted by Crippen LogP contribution is -2.49. The number of pyridine rings is 1. The van der Waals surface area contributed by atoms with Crippen LogP contribution < -0.4 is 0 Å². The number of sulfonamides is 1. The maximum absolute atomic E-state index is 12.9. The summed E-state index contributed by atoms with van der Waals surface area (Å²) in [7, 11) is -3.65. The molecule has 5 nitrogen and oxygen atoms in total. The number of nitrogens with zero attached hydrogens (tertiary/aromatic N) is 3. The zero-order valence-corrected chi connectivity index (χ0v) is 16.1. The van der Waals surface area contributed by atoms with Crippen LogP contribution in [0.3, 0.4) is 0 Å². The van der Waals surface area contributed by atoms with Gasteiger partial charge in [0.2, 0.25) is 10.0 Å². The molecule has 0 aliphatic carbocycles. The van der Waals surface area contributed by atoms with Gasteiger partial charge in [0.25, 0.3) is 0 Å². The summed E-state index contributed by atoms with van der Waals surface area (Å²) in [5.74, 6) is 0. The standard InChI is InChI=1S/C17H19Cl2N3O2S/c1-13(15-6-2-3-8-20-15)21-9-11-22(12-10-21)25(23,24)16-7-4-5-14(18)17(16)19/h2-8,13H,9-12H2,1H3/t13-/m0/s1. The number of rotatable bonds is 4. The second kappa shape index (κ2) is 7.60. The third kappa shape index (κ3) is 3.83. The van der Waals surface area contributed by atoms with Gasteiger partial charge in [-0.3, -0.25) is 9.88 Å². The lowest BCUT2D eigenvalue weighted by atomic mass is 10.1. The number of benzene rings is 1. The molecule has 0 unspecified atom stereocenters. The molecule has 2 aromatic rings. The highest BCUT2D eigenvalue weighted by molar-refractivity contribution is 7.89. The van der Waals surface area contributed by atoms with Crippen LogP contribution >= 0.6 is 23.2 Å². The molecule has 0 bridgehead atoms. The largest absolute Gasteiger partial charge is 0.292 e. The van der Waals surface area contributed by atoms with Crippen molar-refractivity contribution in [2.75, 3.05) is 26.2 Å². The Hall–Kier alpha value is -1.18. The van der Waals surface area contributed by atoms with Gasteiger partial charge in [0.15, 0.2) is 0 Å². The van der Waals surface area contributed by atoms with Crippen molar-refractivity contribution in [3.63, 3.8) is 0 Å². The molecule has 1 fully saturated rings. The van der Waals surface area contributed by atoms with E-state index in [0.717, 1.165) is 5.69 Å². The van der Waals surface area contributed by atoms with E-state index in [-0.39, 0.29) is 21.0 Å². The third-order valence-corrected chi connectivity index (χ3v) is 7.34. The summed E-state index contributed by atoms with van der Waals surface area (Å²) in [4.78, 5) is 6.68. The molecule has 0 radical (unpaired) electrons. The molecule has 3 rings (SSSR count). The molecule has 0 saturated carbocycles. The summed E-state index contributed by atoms with van der Waals surface area (Å²) in [6.07, 6.45) is 1.77. The molecule has 134 valence electrons. The molecule has 1 aromatic heterocycles. The minimum atomic E-state index is -3.65. The summed E-state index contributed by atoms with van der Waals surface area (Å²) < 4.78 is 27.2. The Balaban J connectivity index is 1.72. The van der Waals surface area contributed by atoms with Gasteiger partial charge in [0.1, 0.15) is 4.90 Å². The Morgan fingerprint density at radius 3 is 2.40 bits per heavy atom. The Bertz CT molecular complexity index is 838. The first kappa shape index (κ1) is 18.6. The van der Waals surface area contributed by atoms with Crippen molar-refractivity contribution in [3.05, 3.63) is 58.3 Å². The van der Waals surface area contributed by atoms with E-state index in [0.29, 0.717) is 26.2 Å². The van der Waals surface area contributed by atoms with Crippen LogP contribution in [0.15, 0.2) is 47.5 Å². The highest BCUT2D eigenvalue weighted by atomic mass is 35.5. The van der Waals surface area contributed by atoms with Gasteiger partial charge >= 0.3 is 0 Å². The lowest BCUT2D eigenvalue weighted by molar-refractivity contribution is 0.143. The zero-order chi connectivity index (χ0) is 18.0. The summed E-state index contributed by atoms with van der Waals surface area (Å²) in [6.45, 7) is 4.16.